The molecule has 7 heteroatoms. The van der Waals surface area contributed by atoms with Crippen LogP contribution in [0.25, 0.3) is 0 Å². The van der Waals surface area contributed by atoms with Crippen molar-refractivity contribution in [3.8, 4) is 0 Å². The number of sulfonamides is 1. The van der Waals surface area contributed by atoms with E-state index in [1.165, 1.54) is 19.2 Å². The summed E-state index contributed by atoms with van der Waals surface area (Å²) >= 11 is 0. The van der Waals surface area contributed by atoms with E-state index in [4.69, 9.17) is 4.84 Å². The Hall–Kier alpha value is -1.44. The molecule has 0 amide bonds. The van der Waals surface area contributed by atoms with Gasteiger partial charge in [0.15, 0.2) is 0 Å². The lowest BCUT2D eigenvalue weighted by Crippen LogP contribution is -2.35. The molecular weight excluding hydrogens is 282 g/mol. The van der Waals surface area contributed by atoms with Crippen LogP contribution in [-0.4, -0.2) is 39.1 Å². The Bertz CT molecular complexity index is 561. The Kier molecular flexibility index (Phi) is 4.74. The largest absolute Gasteiger partial charge is 0.469 e. The molecule has 0 N–H and O–H groups in total. The van der Waals surface area contributed by atoms with Crippen LogP contribution in [0.3, 0.4) is 0 Å². The van der Waals surface area contributed by atoms with Gasteiger partial charge >= 0.3 is 5.97 Å². The quantitative estimate of drug-likeness (QED) is 0.779. The highest BCUT2D eigenvalue weighted by Gasteiger charge is 2.27. The summed E-state index contributed by atoms with van der Waals surface area (Å²) in [6.07, 6.45) is 1.78. The number of benzene rings is 1. The van der Waals surface area contributed by atoms with Crippen molar-refractivity contribution >= 4 is 16.0 Å². The van der Waals surface area contributed by atoms with Crippen molar-refractivity contribution in [2.75, 3.05) is 20.3 Å². The molecule has 1 saturated heterocycles. The molecule has 0 atom stereocenters. The molecule has 0 saturated carbocycles. The first-order valence-corrected chi connectivity index (χ1v) is 7.79. The number of esters is 1. The smallest absolute Gasteiger partial charge is 0.309 e. The second-order valence-corrected chi connectivity index (χ2v) is 6.30. The zero-order chi connectivity index (χ0) is 14.6. The molecule has 0 spiro atoms. The fraction of sp³-hybridized carbons (Fsp3) is 0.462. The minimum absolute atomic E-state index is 0.122. The number of rotatable bonds is 4. The van der Waals surface area contributed by atoms with Gasteiger partial charge in [-0.15, -0.1) is 0 Å². The maximum absolute atomic E-state index is 12.3. The summed E-state index contributed by atoms with van der Waals surface area (Å²) in [6.45, 7) is 0.784. The molecule has 110 valence electrons. The predicted molar refractivity (Wildman–Crippen MR) is 71.2 cm³/mol. The monoisotopic (exact) mass is 299 g/mol. The molecule has 1 aromatic carbocycles. The van der Waals surface area contributed by atoms with Gasteiger partial charge < -0.3 is 4.74 Å². The first-order valence-electron chi connectivity index (χ1n) is 6.35. The lowest BCUT2D eigenvalue weighted by Gasteiger charge is -2.25. The van der Waals surface area contributed by atoms with E-state index in [1.54, 1.807) is 12.1 Å². The molecule has 2 rings (SSSR count). The van der Waals surface area contributed by atoms with E-state index < -0.39 is 10.0 Å². The number of hydroxylamine groups is 1. The second-order valence-electron chi connectivity index (χ2n) is 4.47. The number of ether oxygens (including phenoxy) is 1. The normalized spacial score (nSPS) is 16.9. The van der Waals surface area contributed by atoms with E-state index in [0.717, 1.165) is 17.3 Å². The van der Waals surface area contributed by atoms with E-state index in [9.17, 15) is 13.2 Å². The van der Waals surface area contributed by atoms with Crippen LogP contribution in [0.15, 0.2) is 29.2 Å². The van der Waals surface area contributed by atoms with Crippen molar-refractivity contribution in [2.24, 2.45) is 0 Å². The van der Waals surface area contributed by atoms with Crippen LogP contribution in [0, 0.1) is 0 Å². The highest BCUT2D eigenvalue weighted by Crippen LogP contribution is 2.20. The number of methoxy groups -OCH3 is 1. The minimum atomic E-state index is -3.62. The molecule has 6 nitrogen and oxygen atoms in total. The lowest BCUT2D eigenvalue weighted by molar-refractivity contribution is -0.139. The Morgan fingerprint density at radius 1 is 1.30 bits per heavy atom. The highest BCUT2D eigenvalue weighted by atomic mass is 32.2. The molecule has 0 unspecified atom stereocenters. The molecule has 1 fully saturated rings. The van der Waals surface area contributed by atoms with Gasteiger partial charge in [-0.25, -0.2) is 8.42 Å². The van der Waals surface area contributed by atoms with Gasteiger partial charge in [-0.3, -0.25) is 9.63 Å². The molecule has 1 aromatic rings. The third-order valence-corrected chi connectivity index (χ3v) is 4.73. The third kappa shape index (κ3) is 3.36. The standard InChI is InChI=1S/C13H17NO5S/c1-18-13(15)10-11-4-6-12(7-5-11)20(16,17)14-8-2-3-9-19-14/h4-7H,2-3,8-10H2,1H3. The van der Waals surface area contributed by atoms with Crippen molar-refractivity contribution in [2.45, 2.75) is 24.2 Å². The Morgan fingerprint density at radius 3 is 2.55 bits per heavy atom. The molecule has 0 bridgehead atoms. The van der Waals surface area contributed by atoms with Gasteiger partial charge in [-0.1, -0.05) is 16.6 Å². The topological polar surface area (TPSA) is 72.9 Å². The summed E-state index contributed by atoms with van der Waals surface area (Å²) in [6, 6.07) is 6.17. The average Bonchev–Trinajstić information content (AvgIpc) is 2.48. The summed E-state index contributed by atoms with van der Waals surface area (Å²) in [5.41, 5.74) is 0.704. The Balaban J connectivity index is 2.14. The maximum atomic E-state index is 12.3. The zero-order valence-corrected chi connectivity index (χ0v) is 12.1. The predicted octanol–water partition coefficient (Wildman–Crippen LogP) is 1.12. The second kappa shape index (κ2) is 6.34. The van der Waals surface area contributed by atoms with E-state index in [0.29, 0.717) is 18.7 Å². The molecule has 0 aliphatic carbocycles. The van der Waals surface area contributed by atoms with Crippen molar-refractivity contribution in [1.29, 1.82) is 0 Å². The van der Waals surface area contributed by atoms with Gasteiger partial charge in [-0.2, -0.15) is 0 Å². The van der Waals surface area contributed by atoms with Crippen LogP contribution in [-0.2, 0) is 30.8 Å². The van der Waals surface area contributed by atoms with E-state index in [1.807, 2.05) is 0 Å². The van der Waals surface area contributed by atoms with Crippen molar-refractivity contribution < 1.29 is 22.8 Å². The Morgan fingerprint density at radius 2 is 2.00 bits per heavy atom. The van der Waals surface area contributed by atoms with Crippen LogP contribution in [0.4, 0.5) is 0 Å². The van der Waals surface area contributed by atoms with Gasteiger partial charge in [0.1, 0.15) is 0 Å². The number of carbonyl (C=O) groups excluding carboxylic acids is 1. The molecule has 1 aliphatic heterocycles. The number of nitrogens with zero attached hydrogens (tertiary/aromatic N) is 1. The zero-order valence-electron chi connectivity index (χ0n) is 11.2. The van der Waals surface area contributed by atoms with Gasteiger partial charge in [0, 0.05) is 6.54 Å². The van der Waals surface area contributed by atoms with Crippen LogP contribution in [0.2, 0.25) is 0 Å². The van der Waals surface area contributed by atoms with Gasteiger partial charge in [0.25, 0.3) is 10.0 Å². The molecule has 20 heavy (non-hydrogen) atoms. The average molecular weight is 299 g/mol. The highest BCUT2D eigenvalue weighted by molar-refractivity contribution is 7.89. The Labute approximate surface area is 118 Å². The maximum Gasteiger partial charge on any atom is 0.309 e. The fourth-order valence-corrected chi connectivity index (χ4v) is 3.20. The van der Waals surface area contributed by atoms with Crippen molar-refractivity contribution in [3.63, 3.8) is 0 Å². The lowest BCUT2D eigenvalue weighted by atomic mass is 10.2. The van der Waals surface area contributed by atoms with Crippen LogP contribution in [0.5, 0.6) is 0 Å². The van der Waals surface area contributed by atoms with Gasteiger partial charge in [0.05, 0.1) is 25.0 Å². The van der Waals surface area contributed by atoms with Crippen molar-refractivity contribution in [1.82, 2.24) is 4.47 Å². The van der Waals surface area contributed by atoms with Gasteiger partial charge in [0.2, 0.25) is 0 Å². The van der Waals surface area contributed by atoms with Crippen LogP contribution < -0.4 is 0 Å². The number of hydrogen-bond donors (Lipinski definition) is 0. The van der Waals surface area contributed by atoms with E-state index in [-0.39, 0.29) is 17.3 Å². The van der Waals surface area contributed by atoms with Crippen LogP contribution in [0.1, 0.15) is 18.4 Å². The van der Waals surface area contributed by atoms with Crippen molar-refractivity contribution in [3.05, 3.63) is 29.8 Å². The first-order chi connectivity index (χ1) is 9.54. The van der Waals surface area contributed by atoms with Crippen LogP contribution >= 0.6 is 0 Å². The molecule has 1 aliphatic rings. The third-order valence-electron chi connectivity index (χ3n) is 3.04. The first kappa shape index (κ1) is 15.0. The van der Waals surface area contributed by atoms with E-state index in [2.05, 4.69) is 4.74 Å². The summed E-state index contributed by atoms with van der Waals surface area (Å²) < 4.78 is 30.2. The van der Waals surface area contributed by atoms with E-state index >= 15 is 0 Å². The SMILES string of the molecule is COC(=O)Cc1ccc(S(=O)(=O)N2CCCCO2)cc1. The molecule has 0 radical (unpaired) electrons. The summed E-state index contributed by atoms with van der Waals surface area (Å²) in [5.74, 6) is -0.361. The number of hydrogen-bond acceptors (Lipinski definition) is 5. The molecule has 1 heterocycles. The van der Waals surface area contributed by atoms with Gasteiger partial charge in [-0.05, 0) is 30.5 Å². The summed E-state index contributed by atoms with van der Waals surface area (Å²) in [5, 5.41) is 0. The number of carbonyl (C=O) groups is 1. The molecular formula is C13H17NO5S. The minimum Gasteiger partial charge on any atom is -0.469 e. The fourth-order valence-electron chi connectivity index (χ4n) is 1.90. The summed E-state index contributed by atoms with van der Waals surface area (Å²) in [7, 11) is -2.30. The molecule has 0 aromatic heterocycles. The summed E-state index contributed by atoms with van der Waals surface area (Å²) in [4.78, 5) is 16.5.